The molecular formula is C29H38F3N3O3. The van der Waals surface area contributed by atoms with E-state index in [2.05, 4.69) is 22.1 Å². The molecule has 0 bridgehead atoms. The number of rotatable bonds is 5. The van der Waals surface area contributed by atoms with E-state index in [9.17, 15) is 18.0 Å². The molecule has 4 atom stereocenters. The molecule has 2 N–H and O–H groups in total. The van der Waals surface area contributed by atoms with Crippen molar-refractivity contribution in [3.8, 4) is 0 Å². The van der Waals surface area contributed by atoms with E-state index in [-0.39, 0.29) is 23.3 Å². The highest BCUT2D eigenvalue weighted by Crippen LogP contribution is 2.47. The molecule has 1 amide bonds. The van der Waals surface area contributed by atoms with Gasteiger partial charge in [0.05, 0.1) is 18.1 Å². The van der Waals surface area contributed by atoms with Gasteiger partial charge in [0.15, 0.2) is 0 Å². The van der Waals surface area contributed by atoms with Crippen molar-refractivity contribution in [2.45, 2.75) is 63.1 Å². The lowest BCUT2D eigenvalue weighted by Crippen LogP contribution is -2.55. The molecule has 9 heteroatoms. The molecule has 3 aliphatic heterocycles. The van der Waals surface area contributed by atoms with Crippen LogP contribution in [0.1, 0.15) is 61.8 Å². The van der Waals surface area contributed by atoms with Crippen LogP contribution in [-0.4, -0.2) is 67.4 Å². The molecule has 6 nitrogen and oxygen atoms in total. The van der Waals surface area contributed by atoms with Crippen molar-refractivity contribution in [1.29, 1.82) is 0 Å². The lowest BCUT2D eigenvalue weighted by atomic mass is 9.68. The zero-order chi connectivity index (χ0) is 26.5. The molecule has 0 spiro atoms. The Bertz CT molecular complexity index is 1170. The van der Waals surface area contributed by atoms with Gasteiger partial charge in [0, 0.05) is 55.0 Å². The van der Waals surface area contributed by atoms with Crippen LogP contribution in [0.2, 0.25) is 0 Å². The average Bonchev–Trinajstić information content (AvgIpc) is 3.56. The van der Waals surface area contributed by atoms with E-state index in [0.717, 1.165) is 80.3 Å². The molecule has 208 valence electrons. The first-order valence-electron chi connectivity index (χ1n) is 14.1. The van der Waals surface area contributed by atoms with Gasteiger partial charge in [-0.05, 0) is 86.6 Å². The number of H-pyrrole nitrogens is 1. The molecule has 1 aromatic heterocycles. The van der Waals surface area contributed by atoms with Crippen LogP contribution in [0.15, 0.2) is 18.2 Å². The smallest absolute Gasteiger partial charge is 0.381 e. The first kappa shape index (κ1) is 26.1. The van der Waals surface area contributed by atoms with Crippen molar-refractivity contribution in [2.24, 2.45) is 17.8 Å². The second-order valence-corrected chi connectivity index (χ2v) is 12.0. The summed E-state index contributed by atoms with van der Waals surface area (Å²) in [5.74, 6) is 1.16. The molecule has 0 radical (unpaired) electrons. The van der Waals surface area contributed by atoms with E-state index >= 15 is 0 Å². The normalized spacial score (nSPS) is 29.7. The predicted octanol–water partition coefficient (Wildman–Crippen LogP) is 4.88. The van der Waals surface area contributed by atoms with Crippen LogP contribution in [0.3, 0.4) is 0 Å². The van der Waals surface area contributed by atoms with Gasteiger partial charge >= 0.3 is 6.18 Å². The number of hydrogen-bond acceptors (Lipinski definition) is 4. The molecule has 38 heavy (non-hydrogen) atoms. The zero-order valence-corrected chi connectivity index (χ0v) is 22.0. The van der Waals surface area contributed by atoms with Crippen LogP contribution in [0.4, 0.5) is 13.2 Å². The number of halogens is 3. The van der Waals surface area contributed by atoms with Gasteiger partial charge < -0.3 is 24.7 Å². The Morgan fingerprint density at radius 2 is 2.00 bits per heavy atom. The Morgan fingerprint density at radius 1 is 1.18 bits per heavy atom. The summed E-state index contributed by atoms with van der Waals surface area (Å²) in [5.41, 5.74) is 2.15. The predicted molar refractivity (Wildman–Crippen MR) is 138 cm³/mol. The molecule has 1 aromatic carbocycles. The van der Waals surface area contributed by atoms with Crippen LogP contribution in [0.25, 0.3) is 10.9 Å². The Labute approximate surface area is 221 Å². The summed E-state index contributed by atoms with van der Waals surface area (Å²) in [7, 11) is 0. The first-order valence-corrected chi connectivity index (χ1v) is 14.1. The maximum Gasteiger partial charge on any atom is 0.416 e. The summed E-state index contributed by atoms with van der Waals surface area (Å²) in [5, 5.41) is 4.12. The van der Waals surface area contributed by atoms with E-state index < -0.39 is 11.7 Å². The molecule has 4 aliphatic rings. The summed E-state index contributed by atoms with van der Waals surface area (Å²) >= 11 is 0. The van der Waals surface area contributed by atoms with Crippen LogP contribution >= 0.6 is 0 Å². The van der Waals surface area contributed by atoms with E-state index in [1.54, 1.807) is 6.07 Å². The summed E-state index contributed by atoms with van der Waals surface area (Å²) in [4.78, 5) is 18.9. The monoisotopic (exact) mass is 533 g/mol. The molecule has 4 heterocycles. The van der Waals surface area contributed by atoms with E-state index in [0.29, 0.717) is 38.3 Å². The SMILES string of the molecule is C[C@H]1c2c([nH]c3ccc(C(F)(F)F)cc23)C[C@H]2CCN(CCC3(NC(=O)C4CCOC4)CCOCC3)C[C@@H]21. The number of carbonyl (C=O) groups is 1. The van der Waals surface area contributed by atoms with Crippen molar-refractivity contribution in [3.05, 3.63) is 35.0 Å². The van der Waals surface area contributed by atoms with Crippen LogP contribution in [0.5, 0.6) is 0 Å². The molecular weight excluding hydrogens is 495 g/mol. The number of nitrogens with zero attached hydrogens (tertiary/aromatic N) is 1. The minimum atomic E-state index is -4.35. The van der Waals surface area contributed by atoms with Gasteiger partial charge in [0.2, 0.25) is 5.91 Å². The highest BCUT2D eigenvalue weighted by Gasteiger charge is 2.42. The van der Waals surface area contributed by atoms with Gasteiger partial charge in [-0.1, -0.05) is 6.92 Å². The third-order valence-corrected chi connectivity index (χ3v) is 9.75. The third-order valence-electron chi connectivity index (χ3n) is 9.75. The summed E-state index contributed by atoms with van der Waals surface area (Å²) < 4.78 is 51.4. The minimum absolute atomic E-state index is 0.0585. The molecule has 3 saturated heterocycles. The highest BCUT2D eigenvalue weighted by molar-refractivity contribution is 5.86. The van der Waals surface area contributed by atoms with Crippen molar-refractivity contribution < 1.29 is 27.4 Å². The number of aromatic amines is 1. The molecule has 1 unspecified atom stereocenters. The zero-order valence-electron chi connectivity index (χ0n) is 22.0. The maximum absolute atomic E-state index is 13.5. The number of ether oxygens (including phenoxy) is 2. The second kappa shape index (κ2) is 10.1. The Balaban J connectivity index is 1.16. The second-order valence-electron chi connectivity index (χ2n) is 12.0. The Morgan fingerprint density at radius 3 is 2.74 bits per heavy atom. The Kier molecular flexibility index (Phi) is 6.97. The standard InChI is InChI=1S/C29H38F3N3O3/c1-18-23-16-35(10-6-28(7-12-37-13-8-28)34-27(36)20-5-11-38-17-20)9-4-19(23)14-25-26(18)22-15-21(29(30,31)32)2-3-24(22)33-25/h2-3,15,18-20,23,33H,4-14,16-17H2,1H3,(H,34,36)/t18-,19-,20?,23-/m1/s1. The van der Waals surface area contributed by atoms with Crippen molar-refractivity contribution in [1.82, 2.24) is 15.2 Å². The van der Waals surface area contributed by atoms with Crippen LogP contribution in [0, 0.1) is 17.8 Å². The van der Waals surface area contributed by atoms with Crippen molar-refractivity contribution >= 4 is 16.8 Å². The summed E-state index contributed by atoms with van der Waals surface area (Å²) in [6, 6.07) is 4.09. The minimum Gasteiger partial charge on any atom is -0.381 e. The highest BCUT2D eigenvalue weighted by atomic mass is 19.4. The molecule has 1 aliphatic carbocycles. The molecule has 6 rings (SSSR count). The Hall–Kier alpha value is -2.10. The number of benzene rings is 1. The number of hydrogen-bond donors (Lipinski definition) is 2. The van der Waals surface area contributed by atoms with Crippen LogP contribution in [-0.2, 0) is 26.9 Å². The molecule has 2 aromatic rings. The number of fused-ring (bicyclic) bond motifs is 4. The molecule has 0 saturated carbocycles. The van der Waals surface area contributed by atoms with E-state index in [4.69, 9.17) is 9.47 Å². The van der Waals surface area contributed by atoms with Gasteiger partial charge in [-0.3, -0.25) is 4.79 Å². The van der Waals surface area contributed by atoms with E-state index in [1.807, 2.05) is 0 Å². The number of likely N-dealkylation sites (tertiary alicyclic amines) is 1. The van der Waals surface area contributed by atoms with Crippen molar-refractivity contribution in [3.63, 3.8) is 0 Å². The fourth-order valence-electron chi connectivity index (χ4n) is 7.40. The number of nitrogens with one attached hydrogen (secondary N) is 2. The maximum atomic E-state index is 13.5. The largest absolute Gasteiger partial charge is 0.416 e. The van der Waals surface area contributed by atoms with Gasteiger partial charge in [-0.2, -0.15) is 13.2 Å². The fraction of sp³-hybridized carbons (Fsp3) is 0.690. The number of alkyl halides is 3. The lowest BCUT2D eigenvalue weighted by molar-refractivity contribution is -0.137. The number of piperidine rings is 1. The summed E-state index contributed by atoms with van der Waals surface area (Å²) in [6.07, 6.45) is 0.946. The van der Waals surface area contributed by atoms with Gasteiger partial charge in [-0.25, -0.2) is 0 Å². The van der Waals surface area contributed by atoms with Gasteiger partial charge in [0.25, 0.3) is 0 Å². The van der Waals surface area contributed by atoms with Gasteiger partial charge in [0.1, 0.15) is 0 Å². The van der Waals surface area contributed by atoms with Crippen LogP contribution < -0.4 is 5.32 Å². The number of amides is 1. The quantitative estimate of drug-likeness (QED) is 0.575. The van der Waals surface area contributed by atoms with Crippen molar-refractivity contribution in [2.75, 3.05) is 46.1 Å². The summed E-state index contributed by atoms with van der Waals surface area (Å²) in [6.45, 7) is 7.52. The lowest BCUT2D eigenvalue weighted by Gasteiger charge is -2.46. The third kappa shape index (κ3) is 4.97. The molecule has 3 fully saturated rings. The van der Waals surface area contributed by atoms with Gasteiger partial charge in [-0.15, -0.1) is 0 Å². The number of aromatic nitrogens is 1. The number of carbonyl (C=O) groups excluding carboxylic acids is 1. The fourth-order valence-corrected chi connectivity index (χ4v) is 7.40. The average molecular weight is 534 g/mol. The topological polar surface area (TPSA) is 66.6 Å². The van der Waals surface area contributed by atoms with E-state index in [1.165, 1.54) is 12.1 Å². The first-order chi connectivity index (χ1) is 18.2.